The highest BCUT2D eigenvalue weighted by Gasteiger charge is 2.06. The Morgan fingerprint density at radius 1 is 1.16 bits per heavy atom. The SMILES string of the molecule is O=C(NCc1ncn[nH]1)c1ccc2ccccc2c1. The van der Waals surface area contributed by atoms with E-state index < -0.39 is 0 Å². The van der Waals surface area contributed by atoms with Gasteiger partial charge in [-0.2, -0.15) is 5.10 Å². The zero-order valence-electron chi connectivity index (χ0n) is 10.1. The summed E-state index contributed by atoms with van der Waals surface area (Å²) in [5.74, 6) is 0.510. The van der Waals surface area contributed by atoms with E-state index in [4.69, 9.17) is 0 Å². The van der Waals surface area contributed by atoms with Crippen LogP contribution in [0.15, 0.2) is 48.8 Å². The van der Waals surface area contributed by atoms with E-state index in [0.29, 0.717) is 17.9 Å². The Balaban J connectivity index is 1.77. The van der Waals surface area contributed by atoms with Gasteiger partial charge in [0.25, 0.3) is 5.91 Å². The molecule has 2 aromatic carbocycles. The third-order valence-electron chi connectivity index (χ3n) is 2.89. The minimum atomic E-state index is -0.123. The smallest absolute Gasteiger partial charge is 0.251 e. The number of rotatable bonds is 3. The number of hydrogen-bond donors (Lipinski definition) is 2. The van der Waals surface area contributed by atoms with Crippen LogP contribution in [0.1, 0.15) is 16.2 Å². The number of aromatic amines is 1. The zero-order chi connectivity index (χ0) is 13.1. The van der Waals surface area contributed by atoms with Crippen LogP contribution in [0.5, 0.6) is 0 Å². The Kier molecular flexibility index (Phi) is 2.94. The summed E-state index contributed by atoms with van der Waals surface area (Å²) in [6.45, 7) is 0.339. The van der Waals surface area contributed by atoms with E-state index in [1.165, 1.54) is 6.33 Å². The molecule has 19 heavy (non-hydrogen) atoms. The van der Waals surface area contributed by atoms with Crippen LogP contribution in [0, 0.1) is 0 Å². The van der Waals surface area contributed by atoms with Crippen LogP contribution in [0.3, 0.4) is 0 Å². The maximum absolute atomic E-state index is 12.0. The Morgan fingerprint density at radius 2 is 2.00 bits per heavy atom. The van der Waals surface area contributed by atoms with Crippen LogP contribution < -0.4 is 5.32 Å². The first-order valence-corrected chi connectivity index (χ1v) is 5.94. The second kappa shape index (κ2) is 4.89. The molecule has 0 radical (unpaired) electrons. The molecule has 5 nitrogen and oxygen atoms in total. The van der Waals surface area contributed by atoms with E-state index in [-0.39, 0.29) is 5.91 Å². The summed E-state index contributed by atoms with van der Waals surface area (Å²) in [5.41, 5.74) is 0.637. The van der Waals surface area contributed by atoms with Crippen molar-refractivity contribution in [3.8, 4) is 0 Å². The van der Waals surface area contributed by atoms with Crippen molar-refractivity contribution in [2.75, 3.05) is 0 Å². The number of carbonyl (C=O) groups excluding carboxylic acids is 1. The molecule has 0 spiro atoms. The maximum atomic E-state index is 12.0. The minimum absolute atomic E-state index is 0.123. The fourth-order valence-corrected chi connectivity index (χ4v) is 1.91. The van der Waals surface area contributed by atoms with Gasteiger partial charge in [0, 0.05) is 5.56 Å². The quantitative estimate of drug-likeness (QED) is 0.747. The van der Waals surface area contributed by atoms with Gasteiger partial charge >= 0.3 is 0 Å². The van der Waals surface area contributed by atoms with Crippen LogP contribution in [-0.4, -0.2) is 21.1 Å². The lowest BCUT2D eigenvalue weighted by Gasteiger charge is -2.04. The van der Waals surface area contributed by atoms with Crippen molar-refractivity contribution < 1.29 is 4.79 Å². The number of fused-ring (bicyclic) bond motifs is 1. The van der Waals surface area contributed by atoms with Crippen LogP contribution in [0.4, 0.5) is 0 Å². The van der Waals surface area contributed by atoms with Crippen molar-refractivity contribution in [1.29, 1.82) is 0 Å². The molecule has 0 atom stereocenters. The predicted molar refractivity (Wildman–Crippen MR) is 71.5 cm³/mol. The van der Waals surface area contributed by atoms with Gasteiger partial charge in [0.2, 0.25) is 0 Å². The lowest BCUT2D eigenvalue weighted by molar-refractivity contribution is 0.0950. The summed E-state index contributed by atoms with van der Waals surface area (Å²) in [4.78, 5) is 16.0. The van der Waals surface area contributed by atoms with Crippen molar-refractivity contribution in [3.05, 3.63) is 60.2 Å². The molecule has 0 saturated heterocycles. The molecule has 0 aliphatic rings. The molecule has 0 aliphatic carbocycles. The molecule has 0 aliphatic heterocycles. The standard InChI is InChI=1S/C14H12N4O/c19-14(15-8-13-16-9-17-18-13)12-6-5-10-3-1-2-4-11(10)7-12/h1-7,9H,8H2,(H,15,19)(H,16,17,18). The highest BCUT2D eigenvalue weighted by atomic mass is 16.1. The number of nitrogens with one attached hydrogen (secondary N) is 2. The summed E-state index contributed by atoms with van der Waals surface area (Å²) < 4.78 is 0. The van der Waals surface area contributed by atoms with E-state index in [1.807, 2.05) is 42.5 Å². The van der Waals surface area contributed by atoms with Crippen molar-refractivity contribution in [2.24, 2.45) is 0 Å². The normalized spacial score (nSPS) is 10.5. The molecule has 0 unspecified atom stereocenters. The number of aromatic nitrogens is 3. The molecular weight excluding hydrogens is 240 g/mol. The van der Waals surface area contributed by atoms with Gasteiger partial charge in [-0.1, -0.05) is 30.3 Å². The van der Waals surface area contributed by atoms with Crippen LogP contribution in [0.25, 0.3) is 10.8 Å². The molecule has 2 N–H and O–H groups in total. The largest absolute Gasteiger partial charge is 0.345 e. The van der Waals surface area contributed by atoms with E-state index >= 15 is 0 Å². The molecule has 1 amide bonds. The summed E-state index contributed by atoms with van der Waals surface area (Å²) in [6, 6.07) is 13.6. The maximum Gasteiger partial charge on any atom is 0.251 e. The number of hydrogen-bond acceptors (Lipinski definition) is 3. The minimum Gasteiger partial charge on any atom is -0.345 e. The lowest BCUT2D eigenvalue weighted by Crippen LogP contribution is -2.23. The first-order chi connectivity index (χ1) is 9.33. The lowest BCUT2D eigenvalue weighted by atomic mass is 10.1. The zero-order valence-corrected chi connectivity index (χ0v) is 10.1. The third-order valence-corrected chi connectivity index (χ3v) is 2.89. The van der Waals surface area contributed by atoms with Crippen molar-refractivity contribution >= 4 is 16.7 Å². The second-order valence-electron chi connectivity index (χ2n) is 4.18. The molecule has 5 heteroatoms. The molecule has 1 aromatic heterocycles. The van der Waals surface area contributed by atoms with Gasteiger partial charge < -0.3 is 5.32 Å². The van der Waals surface area contributed by atoms with Gasteiger partial charge in [-0.3, -0.25) is 9.89 Å². The fourth-order valence-electron chi connectivity index (χ4n) is 1.91. The Bertz CT molecular complexity index is 706. The number of nitrogens with zero attached hydrogens (tertiary/aromatic N) is 2. The second-order valence-corrected chi connectivity index (χ2v) is 4.18. The molecular formula is C14H12N4O. The predicted octanol–water partition coefficient (Wildman–Crippen LogP) is 1.89. The molecule has 94 valence electrons. The Hall–Kier alpha value is -2.69. The number of amides is 1. The molecule has 1 heterocycles. The molecule has 0 saturated carbocycles. The number of benzene rings is 2. The molecule has 3 aromatic rings. The van der Waals surface area contributed by atoms with Gasteiger partial charge in [-0.15, -0.1) is 0 Å². The number of H-pyrrole nitrogens is 1. The van der Waals surface area contributed by atoms with Gasteiger partial charge in [-0.25, -0.2) is 4.98 Å². The monoisotopic (exact) mass is 252 g/mol. The van der Waals surface area contributed by atoms with E-state index in [9.17, 15) is 4.79 Å². The number of carbonyl (C=O) groups is 1. The summed E-state index contributed by atoms with van der Waals surface area (Å²) in [5, 5.41) is 11.4. The Labute approximate surface area is 109 Å². The van der Waals surface area contributed by atoms with Gasteiger partial charge in [0.1, 0.15) is 12.2 Å². The van der Waals surface area contributed by atoms with E-state index in [1.54, 1.807) is 0 Å². The summed E-state index contributed by atoms with van der Waals surface area (Å²) in [6.07, 6.45) is 1.41. The van der Waals surface area contributed by atoms with Crippen LogP contribution >= 0.6 is 0 Å². The third kappa shape index (κ3) is 2.44. The highest BCUT2D eigenvalue weighted by molar-refractivity contribution is 5.98. The summed E-state index contributed by atoms with van der Waals surface area (Å²) in [7, 11) is 0. The Morgan fingerprint density at radius 3 is 2.79 bits per heavy atom. The first-order valence-electron chi connectivity index (χ1n) is 5.94. The first kappa shape index (κ1) is 11.4. The summed E-state index contributed by atoms with van der Waals surface area (Å²) >= 11 is 0. The van der Waals surface area contributed by atoms with Crippen molar-refractivity contribution in [1.82, 2.24) is 20.5 Å². The molecule has 0 bridgehead atoms. The molecule has 0 fully saturated rings. The van der Waals surface area contributed by atoms with Gasteiger partial charge in [0.15, 0.2) is 0 Å². The van der Waals surface area contributed by atoms with Gasteiger partial charge in [0.05, 0.1) is 6.54 Å². The van der Waals surface area contributed by atoms with Crippen LogP contribution in [-0.2, 0) is 6.54 Å². The van der Waals surface area contributed by atoms with E-state index in [2.05, 4.69) is 20.5 Å². The van der Waals surface area contributed by atoms with E-state index in [0.717, 1.165) is 10.8 Å². The highest BCUT2D eigenvalue weighted by Crippen LogP contribution is 2.15. The fraction of sp³-hybridized carbons (Fsp3) is 0.0714. The van der Waals surface area contributed by atoms with Crippen molar-refractivity contribution in [3.63, 3.8) is 0 Å². The topological polar surface area (TPSA) is 70.7 Å². The van der Waals surface area contributed by atoms with Crippen LogP contribution in [0.2, 0.25) is 0 Å². The average Bonchev–Trinajstić information content (AvgIpc) is 2.97. The van der Waals surface area contributed by atoms with Crippen molar-refractivity contribution in [2.45, 2.75) is 6.54 Å². The van der Waals surface area contributed by atoms with Gasteiger partial charge in [-0.05, 0) is 22.9 Å². The molecule has 3 rings (SSSR count). The average molecular weight is 252 g/mol.